The number of aromatic carboxylic acids is 1. The van der Waals surface area contributed by atoms with E-state index >= 15 is 0 Å². The smallest absolute Gasteiger partial charge is 0.354 e. The Morgan fingerprint density at radius 1 is 1.37 bits per heavy atom. The molecule has 0 radical (unpaired) electrons. The first-order valence-corrected chi connectivity index (χ1v) is 5.77. The number of anilines is 1. The van der Waals surface area contributed by atoms with Gasteiger partial charge in [0.15, 0.2) is 5.69 Å². The van der Waals surface area contributed by atoms with Gasteiger partial charge in [-0.05, 0) is 12.1 Å². The Morgan fingerprint density at radius 2 is 2.11 bits per heavy atom. The molecule has 0 saturated carbocycles. The van der Waals surface area contributed by atoms with Crippen molar-refractivity contribution < 1.29 is 20.1 Å². The van der Waals surface area contributed by atoms with Crippen LogP contribution in [0.15, 0.2) is 30.3 Å². The number of carboxylic acid groups (broad SMARTS) is 1. The van der Waals surface area contributed by atoms with Gasteiger partial charge in [0, 0.05) is 17.6 Å². The lowest BCUT2D eigenvalue weighted by Gasteiger charge is -2.13. The maximum atomic E-state index is 11.0. The highest BCUT2D eigenvalue weighted by molar-refractivity contribution is 5.97. The van der Waals surface area contributed by atoms with Gasteiger partial charge in [0.1, 0.15) is 0 Å². The van der Waals surface area contributed by atoms with E-state index < -0.39 is 12.1 Å². The fourth-order valence-corrected chi connectivity index (χ4v) is 1.72. The van der Waals surface area contributed by atoms with Crippen LogP contribution in [0.25, 0.3) is 10.9 Å². The molecule has 100 valence electrons. The molecular weight excluding hydrogens is 248 g/mol. The molecule has 0 aliphatic rings. The number of hydrogen-bond acceptors (Lipinski definition) is 5. The van der Waals surface area contributed by atoms with E-state index in [4.69, 9.17) is 10.2 Å². The number of carboxylic acids is 1. The standard InChI is InChI=1S/C13H14N2O4/c16-7-8(17)6-14-11-5-12(13(18)19)15-10-4-2-1-3-9(10)11/h1-5,8,16-17H,6-7H2,(H,14,15)(H,18,19). The number of hydrogen-bond donors (Lipinski definition) is 4. The van der Waals surface area contributed by atoms with E-state index in [1.165, 1.54) is 6.07 Å². The van der Waals surface area contributed by atoms with Crippen molar-refractivity contribution in [1.82, 2.24) is 4.98 Å². The molecule has 2 rings (SSSR count). The first kappa shape index (κ1) is 13.3. The van der Waals surface area contributed by atoms with Gasteiger partial charge >= 0.3 is 5.97 Å². The van der Waals surface area contributed by atoms with E-state index in [-0.39, 0.29) is 18.8 Å². The number of nitrogens with zero attached hydrogens (tertiary/aromatic N) is 1. The van der Waals surface area contributed by atoms with Gasteiger partial charge in [-0.2, -0.15) is 0 Å². The van der Waals surface area contributed by atoms with Crippen LogP contribution in [0.3, 0.4) is 0 Å². The van der Waals surface area contributed by atoms with Gasteiger partial charge in [0.2, 0.25) is 0 Å². The SMILES string of the molecule is O=C(O)c1cc(NCC(O)CO)c2ccccc2n1. The van der Waals surface area contributed by atoms with Gasteiger partial charge in [-0.3, -0.25) is 0 Å². The normalized spacial score (nSPS) is 12.3. The van der Waals surface area contributed by atoms with Crippen molar-refractivity contribution in [2.75, 3.05) is 18.5 Å². The van der Waals surface area contributed by atoms with Gasteiger partial charge in [-0.15, -0.1) is 0 Å². The number of nitrogens with one attached hydrogen (secondary N) is 1. The molecule has 0 amide bonds. The van der Waals surface area contributed by atoms with Crippen molar-refractivity contribution in [3.8, 4) is 0 Å². The summed E-state index contributed by atoms with van der Waals surface area (Å²) in [6.45, 7) is -0.231. The zero-order chi connectivity index (χ0) is 13.8. The first-order valence-electron chi connectivity index (χ1n) is 5.77. The van der Waals surface area contributed by atoms with E-state index in [1.807, 2.05) is 12.1 Å². The Balaban J connectivity index is 2.41. The van der Waals surface area contributed by atoms with Crippen molar-refractivity contribution in [3.63, 3.8) is 0 Å². The molecule has 0 aliphatic heterocycles. The van der Waals surface area contributed by atoms with Gasteiger partial charge < -0.3 is 20.6 Å². The molecule has 0 spiro atoms. The summed E-state index contributed by atoms with van der Waals surface area (Å²) in [6, 6.07) is 8.53. The van der Waals surface area contributed by atoms with E-state index in [1.54, 1.807) is 12.1 Å². The van der Waals surface area contributed by atoms with Crippen molar-refractivity contribution in [2.24, 2.45) is 0 Å². The highest BCUT2D eigenvalue weighted by atomic mass is 16.4. The Hall–Kier alpha value is -2.18. The van der Waals surface area contributed by atoms with Gasteiger partial charge in [0.05, 0.1) is 18.2 Å². The van der Waals surface area contributed by atoms with E-state index in [9.17, 15) is 9.90 Å². The number of para-hydroxylation sites is 1. The molecule has 0 fully saturated rings. The monoisotopic (exact) mass is 262 g/mol. The Labute approximate surface area is 109 Å². The molecule has 1 aromatic carbocycles. The predicted octanol–water partition coefficient (Wildman–Crippen LogP) is 0.698. The molecule has 1 atom stereocenters. The molecule has 1 aromatic heterocycles. The molecule has 1 heterocycles. The number of aliphatic hydroxyl groups is 2. The number of rotatable bonds is 5. The largest absolute Gasteiger partial charge is 0.477 e. The van der Waals surface area contributed by atoms with Gasteiger partial charge in [-0.25, -0.2) is 9.78 Å². The van der Waals surface area contributed by atoms with Crippen molar-refractivity contribution in [2.45, 2.75) is 6.10 Å². The summed E-state index contributed by atoms with van der Waals surface area (Å²) in [5.41, 5.74) is 1.05. The third-order valence-corrected chi connectivity index (χ3v) is 2.67. The fraction of sp³-hybridized carbons (Fsp3) is 0.231. The summed E-state index contributed by atoms with van der Waals surface area (Å²) in [6.07, 6.45) is -0.903. The lowest BCUT2D eigenvalue weighted by molar-refractivity contribution is 0.0691. The van der Waals surface area contributed by atoms with Gasteiger partial charge in [-0.1, -0.05) is 18.2 Å². The molecule has 2 aromatic rings. The summed E-state index contributed by atoms with van der Waals surface area (Å²) < 4.78 is 0. The first-order chi connectivity index (χ1) is 9.11. The molecular formula is C13H14N2O4. The molecule has 19 heavy (non-hydrogen) atoms. The molecule has 4 N–H and O–H groups in total. The minimum absolute atomic E-state index is 0.0697. The van der Waals surface area contributed by atoms with Crippen LogP contribution in [0.4, 0.5) is 5.69 Å². The quantitative estimate of drug-likeness (QED) is 0.632. The number of benzene rings is 1. The van der Waals surface area contributed by atoms with Crippen molar-refractivity contribution in [3.05, 3.63) is 36.0 Å². The lowest BCUT2D eigenvalue weighted by Crippen LogP contribution is -2.23. The summed E-state index contributed by atoms with van der Waals surface area (Å²) in [5, 5.41) is 30.8. The van der Waals surface area contributed by atoms with Crippen LogP contribution in [-0.4, -0.2) is 45.5 Å². The Kier molecular flexibility index (Phi) is 3.94. The molecule has 1 unspecified atom stereocenters. The summed E-state index contributed by atoms with van der Waals surface area (Å²) in [7, 11) is 0. The van der Waals surface area contributed by atoms with Crippen LogP contribution in [0, 0.1) is 0 Å². The van der Waals surface area contributed by atoms with Crippen molar-refractivity contribution >= 4 is 22.6 Å². The third-order valence-electron chi connectivity index (χ3n) is 2.67. The predicted molar refractivity (Wildman–Crippen MR) is 70.3 cm³/mol. The molecule has 0 bridgehead atoms. The van der Waals surface area contributed by atoms with E-state index in [0.717, 1.165) is 5.39 Å². The lowest BCUT2D eigenvalue weighted by atomic mass is 10.1. The summed E-state index contributed by atoms with van der Waals surface area (Å²) >= 11 is 0. The fourth-order valence-electron chi connectivity index (χ4n) is 1.72. The summed E-state index contributed by atoms with van der Waals surface area (Å²) in [5.74, 6) is -1.11. The van der Waals surface area contributed by atoms with Crippen molar-refractivity contribution in [1.29, 1.82) is 0 Å². The third kappa shape index (κ3) is 2.98. The average Bonchev–Trinajstić information content (AvgIpc) is 2.43. The van der Waals surface area contributed by atoms with Crippen LogP contribution in [0.1, 0.15) is 10.5 Å². The van der Waals surface area contributed by atoms with Crippen LogP contribution < -0.4 is 5.32 Å². The zero-order valence-corrected chi connectivity index (χ0v) is 10.1. The second-order valence-corrected chi connectivity index (χ2v) is 4.09. The molecule has 0 aliphatic carbocycles. The highest BCUT2D eigenvalue weighted by Gasteiger charge is 2.11. The Bertz CT molecular complexity index is 600. The maximum absolute atomic E-state index is 11.0. The number of pyridine rings is 1. The number of carbonyl (C=O) groups is 1. The maximum Gasteiger partial charge on any atom is 0.354 e. The minimum Gasteiger partial charge on any atom is -0.477 e. The van der Waals surface area contributed by atoms with Crippen LogP contribution in [0.2, 0.25) is 0 Å². The number of aliphatic hydroxyl groups excluding tert-OH is 2. The van der Waals surface area contributed by atoms with Crippen LogP contribution in [-0.2, 0) is 0 Å². The van der Waals surface area contributed by atoms with Crippen LogP contribution >= 0.6 is 0 Å². The van der Waals surface area contributed by atoms with E-state index in [2.05, 4.69) is 10.3 Å². The Morgan fingerprint density at radius 3 is 2.79 bits per heavy atom. The van der Waals surface area contributed by atoms with Gasteiger partial charge in [0.25, 0.3) is 0 Å². The second-order valence-electron chi connectivity index (χ2n) is 4.09. The second kappa shape index (κ2) is 5.64. The number of fused-ring (bicyclic) bond motifs is 1. The van der Waals surface area contributed by atoms with E-state index in [0.29, 0.717) is 11.2 Å². The minimum atomic E-state index is -1.11. The molecule has 6 heteroatoms. The summed E-state index contributed by atoms with van der Waals surface area (Å²) in [4.78, 5) is 15.0. The zero-order valence-electron chi connectivity index (χ0n) is 10.1. The number of aromatic nitrogens is 1. The molecule has 0 saturated heterocycles. The average molecular weight is 262 g/mol. The highest BCUT2D eigenvalue weighted by Crippen LogP contribution is 2.23. The molecule has 6 nitrogen and oxygen atoms in total. The topological polar surface area (TPSA) is 103 Å². The van der Waals surface area contributed by atoms with Crippen LogP contribution in [0.5, 0.6) is 0 Å².